The molecule has 3 rings (SSSR count). The maximum atomic E-state index is 12.1. The molecule has 0 radical (unpaired) electrons. The summed E-state index contributed by atoms with van der Waals surface area (Å²) in [7, 11) is 1.50. The van der Waals surface area contributed by atoms with E-state index >= 15 is 0 Å². The minimum absolute atomic E-state index is 0.171. The van der Waals surface area contributed by atoms with E-state index in [9.17, 15) is 14.4 Å². The van der Waals surface area contributed by atoms with Gasteiger partial charge in [0.1, 0.15) is 6.04 Å². The number of carboxylic acid groups (broad SMARTS) is 1. The molecule has 0 saturated carbocycles. The lowest BCUT2D eigenvalue weighted by Gasteiger charge is -2.24. The Hall–Kier alpha value is -2.37. The number of nitrogens with zero attached hydrogens (tertiary/aromatic N) is 2. The molecule has 1 unspecified atom stereocenters. The normalized spacial score (nSPS) is 21.6. The van der Waals surface area contributed by atoms with E-state index in [1.165, 1.54) is 13.1 Å². The fraction of sp³-hybridized carbons (Fsp3) is 0.357. The second kappa shape index (κ2) is 4.33. The maximum Gasteiger partial charge on any atom is 0.335 e. The van der Waals surface area contributed by atoms with E-state index in [1.54, 1.807) is 12.1 Å². The van der Waals surface area contributed by atoms with E-state index < -0.39 is 12.0 Å². The zero-order valence-electron chi connectivity index (χ0n) is 11.0. The van der Waals surface area contributed by atoms with Gasteiger partial charge >= 0.3 is 5.97 Å². The molecule has 0 aliphatic carbocycles. The Balaban J connectivity index is 1.92. The zero-order chi connectivity index (χ0) is 14.4. The zero-order valence-corrected chi connectivity index (χ0v) is 11.0. The fourth-order valence-electron chi connectivity index (χ4n) is 2.86. The van der Waals surface area contributed by atoms with Gasteiger partial charge in [0.2, 0.25) is 5.91 Å². The van der Waals surface area contributed by atoms with Crippen molar-refractivity contribution in [2.75, 3.05) is 18.5 Å². The van der Waals surface area contributed by atoms with Crippen LogP contribution in [-0.4, -0.2) is 47.4 Å². The van der Waals surface area contributed by atoms with Crippen LogP contribution in [0.5, 0.6) is 0 Å². The summed E-state index contributed by atoms with van der Waals surface area (Å²) in [6.07, 6.45) is 0.883. The fourth-order valence-corrected chi connectivity index (χ4v) is 2.86. The smallest absolute Gasteiger partial charge is 0.335 e. The molecule has 1 N–H and O–H groups in total. The third kappa shape index (κ3) is 1.76. The number of carbonyl (C=O) groups excluding carboxylic acids is 2. The SMILES string of the molecule is CN1C(=O)CC(N2CCc3cc(C(=O)O)ccc32)C1=O. The predicted molar refractivity (Wildman–Crippen MR) is 70.6 cm³/mol. The number of fused-ring (bicyclic) bond motifs is 1. The van der Waals surface area contributed by atoms with Gasteiger partial charge in [0.15, 0.2) is 0 Å². The summed E-state index contributed by atoms with van der Waals surface area (Å²) in [5.41, 5.74) is 2.02. The minimum atomic E-state index is -0.960. The van der Waals surface area contributed by atoms with Crippen molar-refractivity contribution in [1.29, 1.82) is 0 Å². The number of aromatic carboxylic acids is 1. The van der Waals surface area contributed by atoms with Crippen molar-refractivity contribution in [3.05, 3.63) is 29.3 Å². The van der Waals surface area contributed by atoms with Crippen LogP contribution in [0.1, 0.15) is 22.3 Å². The summed E-state index contributed by atoms with van der Waals surface area (Å²) >= 11 is 0. The van der Waals surface area contributed by atoms with Gasteiger partial charge in [0, 0.05) is 19.3 Å². The molecule has 2 heterocycles. The lowest BCUT2D eigenvalue weighted by Crippen LogP contribution is -2.40. The number of benzene rings is 1. The number of imide groups is 1. The van der Waals surface area contributed by atoms with Gasteiger partial charge in [0.25, 0.3) is 5.91 Å². The van der Waals surface area contributed by atoms with E-state index in [2.05, 4.69) is 0 Å². The first-order chi connectivity index (χ1) is 9.49. The number of likely N-dealkylation sites (N-methyl/N-ethyl adjacent to an activating group) is 1. The van der Waals surface area contributed by atoms with Crippen LogP contribution in [0, 0.1) is 0 Å². The number of hydrogen-bond donors (Lipinski definition) is 1. The van der Waals surface area contributed by atoms with Crippen molar-refractivity contribution in [2.24, 2.45) is 0 Å². The average Bonchev–Trinajstić information content (AvgIpc) is 2.94. The monoisotopic (exact) mass is 274 g/mol. The van der Waals surface area contributed by atoms with Gasteiger partial charge in [-0.15, -0.1) is 0 Å². The van der Waals surface area contributed by atoms with Crippen molar-refractivity contribution < 1.29 is 19.5 Å². The van der Waals surface area contributed by atoms with Gasteiger partial charge in [-0.2, -0.15) is 0 Å². The molecule has 2 amide bonds. The summed E-state index contributed by atoms with van der Waals surface area (Å²) in [5, 5.41) is 8.99. The van der Waals surface area contributed by atoms with Crippen molar-refractivity contribution in [1.82, 2.24) is 4.90 Å². The number of anilines is 1. The minimum Gasteiger partial charge on any atom is -0.478 e. The van der Waals surface area contributed by atoms with Crippen LogP contribution < -0.4 is 4.90 Å². The quantitative estimate of drug-likeness (QED) is 0.795. The van der Waals surface area contributed by atoms with Crippen LogP contribution in [0.4, 0.5) is 5.69 Å². The molecule has 104 valence electrons. The topological polar surface area (TPSA) is 77.9 Å². The lowest BCUT2D eigenvalue weighted by atomic mass is 10.1. The first kappa shape index (κ1) is 12.7. The Bertz CT molecular complexity index is 626. The van der Waals surface area contributed by atoms with Crippen molar-refractivity contribution in [3.63, 3.8) is 0 Å². The molecule has 0 bridgehead atoms. The van der Waals surface area contributed by atoms with Crippen molar-refractivity contribution >= 4 is 23.5 Å². The van der Waals surface area contributed by atoms with Gasteiger partial charge in [-0.3, -0.25) is 14.5 Å². The predicted octanol–water partition coefficient (Wildman–Crippen LogP) is 0.505. The van der Waals surface area contributed by atoms with Crippen LogP contribution in [0.15, 0.2) is 18.2 Å². The first-order valence-corrected chi connectivity index (χ1v) is 6.42. The maximum absolute atomic E-state index is 12.1. The molecular weight excluding hydrogens is 260 g/mol. The molecule has 1 aromatic carbocycles. The molecule has 1 atom stereocenters. The first-order valence-electron chi connectivity index (χ1n) is 6.42. The van der Waals surface area contributed by atoms with Gasteiger partial charge in [-0.05, 0) is 30.2 Å². The van der Waals surface area contributed by atoms with Gasteiger partial charge in [0.05, 0.1) is 12.0 Å². The summed E-state index contributed by atoms with van der Waals surface area (Å²) in [6, 6.07) is 4.44. The van der Waals surface area contributed by atoms with Gasteiger partial charge < -0.3 is 10.0 Å². The van der Waals surface area contributed by atoms with E-state index in [-0.39, 0.29) is 23.8 Å². The molecule has 20 heavy (non-hydrogen) atoms. The molecule has 0 spiro atoms. The van der Waals surface area contributed by atoms with E-state index in [4.69, 9.17) is 5.11 Å². The molecule has 1 saturated heterocycles. The van der Waals surface area contributed by atoms with E-state index in [0.717, 1.165) is 16.2 Å². The summed E-state index contributed by atoms with van der Waals surface area (Å²) in [5.74, 6) is -1.32. The largest absolute Gasteiger partial charge is 0.478 e. The highest BCUT2D eigenvalue weighted by molar-refractivity contribution is 6.07. The Morgan fingerprint density at radius 2 is 2.10 bits per heavy atom. The second-order valence-electron chi connectivity index (χ2n) is 5.10. The number of carbonyl (C=O) groups is 3. The standard InChI is InChI=1S/C14H14N2O4/c1-15-12(17)7-11(13(15)18)16-5-4-8-6-9(14(19)20)2-3-10(8)16/h2-3,6,11H,4-5,7H2,1H3,(H,19,20). The average molecular weight is 274 g/mol. The van der Waals surface area contributed by atoms with Gasteiger partial charge in [-0.25, -0.2) is 4.79 Å². The number of rotatable bonds is 2. The van der Waals surface area contributed by atoms with Crippen LogP contribution in [0.25, 0.3) is 0 Å². The molecule has 6 nitrogen and oxygen atoms in total. The van der Waals surface area contributed by atoms with Gasteiger partial charge in [-0.1, -0.05) is 0 Å². The Morgan fingerprint density at radius 1 is 1.35 bits per heavy atom. The van der Waals surface area contributed by atoms with Crippen molar-refractivity contribution in [2.45, 2.75) is 18.9 Å². The number of likely N-dealkylation sites (tertiary alicyclic amines) is 1. The molecule has 2 aliphatic rings. The second-order valence-corrected chi connectivity index (χ2v) is 5.10. The summed E-state index contributed by atoms with van der Waals surface area (Å²) < 4.78 is 0. The van der Waals surface area contributed by atoms with Crippen LogP contribution in [-0.2, 0) is 16.0 Å². The Morgan fingerprint density at radius 3 is 2.70 bits per heavy atom. The van der Waals surface area contributed by atoms with Crippen LogP contribution in [0.2, 0.25) is 0 Å². The third-order valence-electron chi connectivity index (χ3n) is 3.99. The van der Waals surface area contributed by atoms with Crippen molar-refractivity contribution in [3.8, 4) is 0 Å². The molecular formula is C14H14N2O4. The number of carboxylic acids is 1. The Labute approximate surface area is 115 Å². The summed E-state index contributed by atoms with van der Waals surface area (Å²) in [6.45, 7) is 0.635. The summed E-state index contributed by atoms with van der Waals surface area (Å²) in [4.78, 5) is 37.7. The highest BCUT2D eigenvalue weighted by Crippen LogP contribution is 2.33. The van der Waals surface area contributed by atoms with E-state index in [0.29, 0.717) is 13.0 Å². The highest BCUT2D eigenvalue weighted by Gasteiger charge is 2.41. The molecule has 0 aromatic heterocycles. The third-order valence-corrected chi connectivity index (χ3v) is 3.99. The molecule has 1 fully saturated rings. The number of amides is 2. The Kier molecular flexibility index (Phi) is 2.74. The highest BCUT2D eigenvalue weighted by atomic mass is 16.4. The van der Waals surface area contributed by atoms with Crippen LogP contribution in [0.3, 0.4) is 0 Å². The molecule has 6 heteroatoms. The van der Waals surface area contributed by atoms with E-state index in [1.807, 2.05) is 4.90 Å². The lowest BCUT2D eigenvalue weighted by molar-refractivity contribution is -0.136. The molecule has 1 aromatic rings. The van der Waals surface area contributed by atoms with Crippen LogP contribution >= 0.6 is 0 Å². The number of hydrogen-bond acceptors (Lipinski definition) is 4. The molecule has 2 aliphatic heterocycles.